The summed E-state index contributed by atoms with van der Waals surface area (Å²) >= 11 is 1.17. The zero-order valence-electron chi connectivity index (χ0n) is 21.6. The molecule has 10 nitrogen and oxygen atoms in total. The van der Waals surface area contributed by atoms with Gasteiger partial charge in [-0.2, -0.15) is 0 Å². The number of non-ortho nitro benzene ring substituents is 1. The van der Waals surface area contributed by atoms with Gasteiger partial charge in [-0.05, 0) is 69.2 Å². The van der Waals surface area contributed by atoms with Crippen molar-refractivity contribution in [3.63, 3.8) is 0 Å². The van der Waals surface area contributed by atoms with E-state index in [1.807, 2.05) is 13.8 Å². The van der Waals surface area contributed by atoms with Crippen LogP contribution in [0.25, 0.3) is 6.08 Å². The molecular formula is C27H27N3O7S. The number of benzene rings is 2. The Balaban J connectivity index is 1.91. The van der Waals surface area contributed by atoms with Gasteiger partial charge in [-0.15, -0.1) is 0 Å². The largest absolute Gasteiger partial charge is 0.493 e. The fourth-order valence-electron chi connectivity index (χ4n) is 4.16. The molecule has 0 N–H and O–H groups in total. The minimum absolute atomic E-state index is 0.0443. The van der Waals surface area contributed by atoms with E-state index >= 15 is 0 Å². The lowest BCUT2D eigenvalue weighted by atomic mass is 9.95. The highest BCUT2D eigenvalue weighted by molar-refractivity contribution is 7.07. The van der Waals surface area contributed by atoms with Crippen LogP contribution in [0.3, 0.4) is 0 Å². The molecule has 198 valence electrons. The molecule has 0 bridgehead atoms. The molecule has 1 aliphatic rings. The van der Waals surface area contributed by atoms with Gasteiger partial charge >= 0.3 is 5.97 Å². The van der Waals surface area contributed by atoms with Gasteiger partial charge in [0.2, 0.25) is 0 Å². The summed E-state index contributed by atoms with van der Waals surface area (Å²) in [6.07, 6.45) is 1.57. The molecule has 1 atom stereocenters. The third-order valence-corrected chi connectivity index (χ3v) is 6.77. The Morgan fingerprint density at radius 2 is 1.92 bits per heavy atom. The predicted octanol–water partition coefficient (Wildman–Crippen LogP) is 3.50. The minimum Gasteiger partial charge on any atom is -0.493 e. The van der Waals surface area contributed by atoms with Gasteiger partial charge in [0.25, 0.3) is 11.2 Å². The first kappa shape index (κ1) is 26.8. The van der Waals surface area contributed by atoms with Crippen molar-refractivity contribution >= 4 is 29.1 Å². The van der Waals surface area contributed by atoms with E-state index in [4.69, 9.17) is 14.2 Å². The van der Waals surface area contributed by atoms with Gasteiger partial charge in [-0.25, -0.2) is 9.79 Å². The third kappa shape index (κ3) is 5.23. The van der Waals surface area contributed by atoms with Gasteiger partial charge in [0.1, 0.15) is 0 Å². The molecule has 0 radical (unpaired) electrons. The summed E-state index contributed by atoms with van der Waals surface area (Å²) in [6, 6.07) is 10.4. The van der Waals surface area contributed by atoms with E-state index in [0.29, 0.717) is 37.7 Å². The number of fused-ring (bicyclic) bond motifs is 1. The maximum Gasteiger partial charge on any atom is 0.338 e. The van der Waals surface area contributed by atoms with Gasteiger partial charge in [-0.1, -0.05) is 17.4 Å². The van der Waals surface area contributed by atoms with Crippen LogP contribution in [-0.4, -0.2) is 35.3 Å². The van der Waals surface area contributed by atoms with Crippen molar-refractivity contribution < 1.29 is 23.9 Å². The van der Waals surface area contributed by atoms with E-state index in [0.717, 1.165) is 0 Å². The third-order valence-electron chi connectivity index (χ3n) is 5.78. The lowest BCUT2D eigenvalue weighted by Gasteiger charge is -2.25. The first-order chi connectivity index (χ1) is 18.1. The molecule has 2 heterocycles. The van der Waals surface area contributed by atoms with Crippen LogP contribution >= 0.6 is 11.3 Å². The number of nitro benzene ring substituents is 1. The average molecular weight is 538 g/mol. The quantitative estimate of drug-likeness (QED) is 0.245. The van der Waals surface area contributed by atoms with Gasteiger partial charge < -0.3 is 14.2 Å². The van der Waals surface area contributed by atoms with E-state index in [2.05, 4.69) is 4.99 Å². The van der Waals surface area contributed by atoms with Crippen LogP contribution in [0.1, 0.15) is 44.9 Å². The van der Waals surface area contributed by atoms with E-state index in [-0.39, 0.29) is 29.5 Å². The molecular weight excluding hydrogens is 510 g/mol. The van der Waals surface area contributed by atoms with Crippen molar-refractivity contribution in [2.45, 2.75) is 39.8 Å². The second kappa shape index (κ2) is 11.0. The van der Waals surface area contributed by atoms with Crippen molar-refractivity contribution in [1.29, 1.82) is 0 Å². The maximum absolute atomic E-state index is 13.7. The van der Waals surface area contributed by atoms with Crippen LogP contribution in [0.15, 0.2) is 63.5 Å². The van der Waals surface area contributed by atoms with Gasteiger partial charge in [-0.3, -0.25) is 19.5 Å². The normalized spacial score (nSPS) is 15.2. The smallest absolute Gasteiger partial charge is 0.338 e. The van der Waals surface area contributed by atoms with Crippen molar-refractivity contribution in [3.8, 4) is 11.5 Å². The van der Waals surface area contributed by atoms with Crippen LogP contribution in [0.5, 0.6) is 11.5 Å². The van der Waals surface area contributed by atoms with Crippen molar-refractivity contribution in [2.75, 3.05) is 13.7 Å². The van der Waals surface area contributed by atoms with E-state index in [9.17, 15) is 19.7 Å². The second-order valence-corrected chi connectivity index (χ2v) is 9.74. The molecule has 0 aliphatic carbocycles. The van der Waals surface area contributed by atoms with E-state index < -0.39 is 16.9 Å². The summed E-state index contributed by atoms with van der Waals surface area (Å²) in [4.78, 5) is 42.3. The molecule has 1 aromatic heterocycles. The van der Waals surface area contributed by atoms with Crippen LogP contribution in [-0.2, 0) is 9.53 Å². The van der Waals surface area contributed by atoms with Crippen LogP contribution in [0.2, 0.25) is 0 Å². The van der Waals surface area contributed by atoms with Gasteiger partial charge in [0, 0.05) is 12.1 Å². The second-order valence-electron chi connectivity index (χ2n) is 8.73. The highest BCUT2D eigenvalue weighted by atomic mass is 32.1. The first-order valence-electron chi connectivity index (χ1n) is 11.9. The average Bonchev–Trinajstić information content (AvgIpc) is 3.17. The molecule has 2 aromatic carbocycles. The molecule has 4 rings (SSSR count). The Labute approximate surface area is 222 Å². The summed E-state index contributed by atoms with van der Waals surface area (Å²) in [6.45, 7) is 7.39. The summed E-state index contributed by atoms with van der Waals surface area (Å²) in [5.74, 6) is 0.433. The molecule has 0 saturated heterocycles. The monoisotopic (exact) mass is 537 g/mol. The Morgan fingerprint density at radius 3 is 2.53 bits per heavy atom. The lowest BCUT2D eigenvalue weighted by Crippen LogP contribution is -2.40. The summed E-state index contributed by atoms with van der Waals surface area (Å²) in [7, 11) is 1.52. The van der Waals surface area contributed by atoms with Crippen molar-refractivity contribution in [2.24, 2.45) is 4.99 Å². The van der Waals surface area contributed by atoms with Gasteiger partial charge in [0.15, 0.2) is 16.3 Å². The fraction of sp³-hybridized carbons (Fsp3) is 0.296. The maximum atomic E-state index is 13.7. The number of aromatic nitrogens is 1. The molecule has 1 unspecified atom stereocenters. The zero-order chi connectivity index (χ0) is 27.6. The lowest BCUT2D eigenvalue weighted by molar-refractivity contribution is -0.384. The van der Waals surface area contributed by atoms with Crippen LogP contribution < -0.4 is 24.4 Å². The highest BCUT2D eigenvalue weighted by Gasteiger charge is 2.34. The number of hydrogen-bond acceptors (Lipinski definition) is 9. The first-order valence-corrected chi connectivity index (χ1v) is 12.7. The van der Waals surface area contributed by atoms with E-state index in [1.54, 1.807) is 50.3 Å². The molecule has 0 amide bonds. The number of carbonyl (C=O) groups excluding carboxylic acids is 1. The Bertz CT molecular complexity index is 1600. The predicted molar refractivity (Wildman–Crippen MR) is 142 cm³/mol. The molecule has 3 aromatic rings. The van der Waals surface area contributed by atoms with Gasteiger partial charge in [0.05, 0.1) is 46.6 Å². The number of thiazole rings is 1. The summed E-state index contributed by atoms with van der Waals surface area (Å²) < 4.78 is 18.6. The van der Waals surface area contributed by atoms with E-state index in [1.165, 1.54) is 35.1 Å². The SMILES string of the molecule is CCOC(=O)C1=C(C)N=c2sc(=Cc3ccc([N+](=O)[O-])cc3)c(=O)n2C1c1ccc(OC(C)C)c(OC)c1. The number of nitro groups is 1. The molecule has 1 aliphatic heterocycles. The molecule has 38 heavy (non-hydrogen) atoms. The molecule has 0 fully saturated rings. The highest BCUT2D eigenvalue weighted by Crippen LogP contribution is 2.36. The number of hydrogen-bond donors (Lipinski definition) is 0. The fourth-order valence-corrected chi connectivity index (χ4v) is 5.20. The Morgan fingerprint density at radius 1 is 1.21 bits per heavy atom. The summed E-state index contributed by atoms with van der Waals surface area (Å²) in [5.41, 5.74) is 1.54. The topological polar surface area (TPSA) is 122 Å². The Hall–Kier alpha value is -4.25. The number of ether oxygens (including phenoxy) is 3. The van der Waals surface area contributed by atoms with Crippen molar-refractivity contribution in [1.82, 2.24) is 4.57 Å². The number of rotatable bonds is 8. The van der Waals surface area contributed by atoms with Crippen molar-refractivity contribution in [3.05, 3.63) is 94.7 Å². The molecule has 11 heteroatoms. The number of nitrogens with zero attached hydrogens (tertiary/aromatic N) is 3. The number of methoxy groups -OCH3 is 1. The molecule has 0 saturated carbocycles. The molecule has 0 spiro atoms. The number of esters is 1. The van der Waals surface area contributed by atoms with Crippen LogP contribution in [0, 0.1) is 10.1 Å². The standard InChI is InChI=1S/C27H27N3O7S/c1-6-36-26(32)23-16(4)28-27-29(24(23)18-9-12-20(37-15(2)3)21(14-18)35-5)25(31)22(38-27)13-17-7-10-19(11-8-17)30(33)34/h7-15,24H,6H2,1-5H3. The number of carbonyl (C=O) groups is 1. The minimum atomic E-state index is -0.814. The zero-order valence-corrected chi connectivity index (χ0v) is 22.4. The number of allylic oxidation sites excluding steroid dienone is 1. The summed E-state index contributed by atoms with van der Waals surface area (Å²) in [5, 5.41) is 11.0. The Kier molecular flexibility index (Phi) is 7.77. The van der Waals surface area contributed by atoms with Crippen LogP contribution in [0.4, 0.5) is 5.69 Å².